The standard InChI is InChI=1S/C17H34N2O3/c1-4-17(21)16-7-5-6-8-19(16)12-15(20)11-18-9-13(2)22-14(3)10-18/h13-17,20-21H,4-12H2,1-3H3. The minimum Gasteiger partial charge on any atom is -0.392 e. The molecule has 0 aromatic rings. The Kier molecular flexibility index (Phi) is 7.09. The predicted molar refractivity (Wildman–Crippen MR) is 88.0 cm³/mol. The number of rotatable bonds is 6. The van der Waals surface area contributed by atoms with Crippen LogP contribution < -0.4 is 0 Å². The third-order valence-corrected chi connectivity index (χ3v) is 4.94. The van der Waals surface area contributed by atoms with Gasteiger partial charge in [-0.1, -0.05) is 13.3 Å². The van der Waals surface area contributed by atoms with Crippen LogP contribution in [-0.4, -0.2) is 83.2 Å². The second-order valence-electron chi connectivity index (χ2n) is 7.16. The quantitative estimate of drug-likeness (QED) is 0.768. The van der Waals surface area contributed by atoms with Gasteiger partial charge in [-0.3, -0.25) is 9.80 Å². The first-order chi connectivity index (χ1) is 10.5. The van der Waals surface area contributed by atoms with Gasteiger partial charge in [0.15, 0.2) is 0 Å². The van der Waals surface area contributed by atoms with Crippen molar-refractivity contribution < 1.29 is 14.9 Å². The molecule has 2 rings (SSSR count). The molecule has 5 heteroatoms. The molecular weight excluding hydrogens is 280 g/mol. The first-order valence-corrected chi connectivity index (χ1v) is 8.97. The van der Waals surface area contributed by atoms with E-state index in [9.17, 15) is 10.2 Å². The molecule has 2 fully saturated rings. The zero-order valence-corrected chi connectivity index (χ0v) is 14.4. The third-order valence-electron chi connectivity index (χ3n) is 4.94. The van der Waals surface area contributed by atoms with Crippen LogP contribution in [0.15, 0.2) is 0 Å². The van der Waals surface area contributed by atoms with Crippen LogP contribution in [0.2, 0.25) is 0 Å². The molecule has 0 saturated carbocycles. The van der Waals surface area contributed by atoms with Crippen LogP contribution in [0.4, 0.5) is 0 Å². The molecule has 5 unspecified atom stereocenters. The van der Waals surface area contributed by atoms with E-state index in [4.69, 9.17) is 4.74 Å². The van der Waals surface area contributed by atoms with Crippen molar-refractivity contribution >= 4 is 0 Å². The Labute approximate surface area is 135 Å². The minimum atomic E-state index is -0.359. The maximum absolute atomic E-state index is 10.5. The Hall–Kier alpha value is -0.200. The summed E-state index contributed by atoms with van der Waals surface area (Å²) < 4.78 is 5.74. The number of likely N-dealkylation sites (tertiary alicyclic amines) is 1. The number of morpholine rings is 1. The van der Waals surface area contributed by atoms with E-state index < -0.39 is 0 Å². The van der Waals surface area contributed by atoms with Crippen LogP contribution >= 0.6 is 0 Å². The van der Waals surface area contributed by atoms with Gasteiger partial charge in [0.2, 0.25) is 0 Å². The van der Waals surface area contributed by atoms with Crippen molar-refractivity contribution in [2.75, 3.05) is 32.7 Å². The Morgan fingerprint density at radius 1 is 1.09 bits per heavy atom. The number of aliphatic hydroxyl groups is 2. The van der Waals surface area contributed by atoms with Gasteiger partial charge in [0, 0.05) is 32.2 Å². The predicted octanol–water partition coefficient (Wildman–Crippen LogP) is 1.08. The number of ether oxygens (including phenoxy) is 1. The number of hydrogen-bond donors (Lipinski definition) is 2. The van der Waals surface area contributed by atoms with Gasteiger partial charge >= 0.3 is 0 Å². The molecule has 2 heterocycles. The SMILES string of the molecule is CCC(O)C1CCCCN1CC(O)CN1CC(C)OC(C)C1. The molecular formula is C17H34N2O3. The summed E-state index contributed by atoms with van der Waals surface area (Å²) in [5.41, 5.74) is 0. The van der Waals surface area contributed by atoms with Gasteiger partial charge in [0.05, 0.1) is 24.4 Å². The highest BCUT2D eigenvalue weighted by Gasteiger charge is 2.30. The maximum atomic E-state index is 10.5. The van der Waals surface area contributed by atoms with Crippen molar-refractivity contribution in [3.8, 4) is 0 Å². The molecule has 0 bridgehead atoms. The van der Waals surface area contributed by atoms with Crippen LogP contribution in [0, 0.1) is 0 Å². The largest absolute Gasteiger partial charge is 0.392 e. The topological polar surface area (TPSA) is 56.2 Å². The fourth-order valence-corrected chi connectivity index (χ4v) is 4.01. The molecule has 22 heavy (non-hydrogen) atoms. The van der Waals surface area contributed by atoms with E-state index in [1.54, 1.807) is 0 Å². The number of aliphatic hydroxyl groups excluding tert-OH is 2. The molecule has 0 aromatic heterocycles. The molecule has 0 aliphatic carbocycles. The molecule has 2 saturated heterocycles. The Bertz CT molecular complexity index is 319. The summed E-state index contributed by atoms with van der Waals surface area (Å²) in [5, 5.41) is 20.7. The summed E-state index contributed by atoms with van der Waals surface area (Å²) in [6.45, 7) is 10.4. The first kappa shape index (κ1) is 18.1. The lowest BCUT2D eigenvalue weighted by atomic mass is 9.95. The van der Waals surface area contributed by atoms with Crippen molar-refractivity contribution in [3.05, 3.63) is 0 Å². The van der Waals surface area contributed by atoms with Crippen molar-refractivity contribution in [1.29, 1.82) is 0 Å². The second kappa shape index (κ2) is 8.60. The monoisotopic (exact) mass is 314 g/mol. The second-order valence-corrected chi connectivity index (χ2v) is 7.16. The number of nitrogens with zero attached hydrogens (tertiary/aromatic N) is 2. The van der Waals surface area contributed by atoms with Crippen LogP contribution in [0.1, 0.15) is 46.5 Å². The average molecular weight is 314 g/mol. The van der Waals surface area contributed by atoms with Gasteiger partial charge in [-0.15, -0.1) is 0 Å². The van der Waals surface area contributed by atoms with E-state index in [0.717, 1.165) is 32.5 Å². The lowest BCUT2D eigenvalue weighted by Crippen LogP contribution is -2.53. The summed E-state index contributed by atoms with van der Waals surface area (Å²) in [4.78, 5) is 4.61. The maximum Gasteiger partial charge on any atom is 0.0793 e. The van der Waals surface area contributed by atoms with Gasteiger partial charge in [0.1, 0.15) is 0 Å². The van der Waals surface area contributed by atoms with E-state index in [0.29, 0.717) is 13.1 Å². The summed E-state index contributed by atoms with van der Waals surface area (Å²) in [5.74, 6) is 0. The fourth-order valence-electron chi connectivity index (χ4n) is 4.01. The molecule has 2 aliphatic rings. The smallest absolute Gasteiger partial charge is 0.0793 e. The molecule has 0 spiro atoms. The van der Waals surface area contributed by atoms with Gasteiger partial charge in [-0.05, 0) is 39.7 Å². The van der Waals surface area contributed by atoms with Crippen LogP contribution in [-0.2, 0) is 4.74 Å². The highest BCUT2D eigenvalue weighted by molar-refractivity contribution is 4.85. The van der Waals surface area contributed by atoms with Gasteiger partial charge in [-0.25, -0.2) is 0 Å². The Morgan fingerprint density at radius 2 is 1.77 bits per heavy atom. The molecule has 130 valence electrons. The molecule has 5 nitrogen and oxygen atoms in total. The molecule has 5 atom stereocenters. The number of β-amino-alcohol motifs (C(OH)–C–C–N with tert-alkyl or cyclic N) is 1. The van der Waals surface area contributed by atoms with Crippen molar-refractivity contribution in [3.63, 3.8) is 0 Å². The summed E-state index contributed by atoms with van der Waals surface area (Å²) in [7, 11) is 0. The van der Waals surface area contributed by atoms with E-state index in [2.05, 4.69) is 23.6 Å². The minimum absolute atomic E-state index is 0.218. The summed E-state index contributed by atoms with van der Waals surface area (Å²) in [6, 6.07) is 0.218. The van der Waals surface area contributed by atoms with E-state index in [-0.39, 0.29) is 30.5 Å². The van der Waals surface area contributed by atoms with Crippen molar-refractivity contribution in [1.82, 2.24) is 9.80 Å². The Balaban J connectivity index is 1.83. The van der Waals surface area contributed by atoms with Gasteiger partial charge in [0.25, 0.3) is 0 Å². The van der Waals surface area contributed by atoms with Crippen LogP contribution in [0.5, 0.6) is 0 Å². The van der Waals surface area contributed by atoms with Gasteiger partial charge < -0.3 is 14.9 Å². The van der Waals surface area contributed by atoms with E-state index in [1.807, 2.05) is 6.92 Å². The molecule has 0 amide bonds. The number of piperidine rings is 1. The van der Waals surface area contributed by atoms with Crippen molar-refractivity contribution in [2.24, 2.45) is 0 Å². The molecule has 0 aromatic carbocycles. The lowest BCUT2D eigenvalue weighted by molar-refractivity contribution is -0.0806. The zero-order chi connectivity index (χ0) is 16.1. The van der Waals surface area contributed by atoms with Crippen LogP contribution in [0.25, 0.3) is 0 Å². The molecule has 0 radical (unpaired) electrons. The normalized spacial score (nSPS) is 34.5. The third kappa shape index (κ3) is 5.17. The summed E-state index contributed by atoms with van der Waals surface area (Å²) >= 11 is 0. The molecule has 2 aliphatic heterocycles. The highest BCUT2D eigenvalue weighted by atomic mass is 16.5. The highest BCUT2D eigenvalue weighted by Crippen LogP contribution is 2.22. The first-order valence-electron chi connectivity index (χ1n) is 8.97. The van der Waals surface area contributed by atoms with Crippen LogP contribution in [0.3, 0.4) is 0 Å². The van der Waals surface area contributed by atoms with E-state index in [1.165, 1.54) is 12.8 Å². The lowest BCUT2D eigenvalue weighted by Gasteiger charge is -2.41. The fraction of sp³-hybridized carbons (Fsp3) is 1.00. The zero-order valence-electron chi connectivity index (χ0n) is 14.4. The molecule has 2 N–H and O–H groups in total. The van der Waals surface area contributed by atoms with Gasteiger partial charge in [-0.2, -0.15) is 0 Å². The summed E-state index contributed by atoms with van der Waals surface area (Å²) in [6.07, 6.45) is 4.04. The Morgan fingerprint density at radius 3 is 2.41 bits per heavy atom. The van der Waals surface area contributed by atoms with Crippen molar-refractivity contribution in [2.45, 2.75) is 76.9 Å². The number of hydrogen-bond acceptors (Lipinski definition) is 5. The average Bonchev–Trinajstić information content (AvgIpc) is 2.45. The van der Waals surface area contributed by atoms with E-state index >= 15 is 0 Å².